The first-order valence-electron chi connectivity index (χ1n) is 6.72. The summed E-state index contributed by atoms with van der Waals surface area (Å²) < 4.78 is 5.40. The monoisotopic (exact) mass is 277 g/mol. The summed E-state index contributed by atoms with van der Waals surface area (Å²) in [6.45, 7) is 3.07. The summed E-state index contributed by atoms with van der Waals surface area (Å²) in [6.07, 6.45) is 2.58. The Labute approximate surface area is 117 Å². The normalized spacial score (nSPS) is 19.4. The Balaban J connectivity index is 1.57. The van der Waals surface area contributed by atoms with Crippen molar-refractivity contribution in [1.82, 2.24) is 15.4 Å². The standard InChI is InChI=1S/C14H19N3OS/c1-17(9-11-4-2-6-15-11)10-12-8-13(18-16-12)14-5-3-7-19-14/h3,5,7-8,11,15H,2,4,6,9-10H2,1H3. The van der Waals surface area contributed by atoms with Crippen molar-refractivity contribution in [3.8, 4) is 10.6 Å². The van der Waals surface area contributed by atoms with E-state index in [1.54, 1.807) is 11.3 Å². The van der Waals surface area contributed by atoms with Crippen molar-refractivity contribution in [3.63, 3.8) is 0 Å². The van der Waals surface area contributed by atoms with Crippen LogP contribution < -0.4 is 5.32 Å². The van der Waals surface area contributed by atoms with Gasteiger partial charge in [0.05, 0.1) is 10.6 Å². The van der Waals surface area contributed by atoms with Crippen molar-refractivity contribution < 1.29 is 4.52 Å². The lowest BCUT2D eigenvalue weighted by atomic mass is 10.2. The van der Waals surface area contributed by atoms with E-state index in [-0.39, 0.29) is 0 Å². The molecule has 1 aliphatic rings. The van der Waals surface area contributed by atoms with Gasteiger partial charge in [-0.25, -0.2) is 0 Å². The van der Waals surface area contributed by atoms with Crippen LogP contribution in [0.25, 0.3) is 10.6 Å². The van der Waals surface area contributed by atoms with Gasteiger partial charge in [-0.05, 0) is 37.9 Å². The molecular weight excluding hydrogens is 258 g/mol. The van der Waals surface area contributed by atoms with Crippen LogP contribution in [0.5, 0.6) is 0 Å². The van der Waals surface area contributed by atoms with E-state index in [1.165, 1.54) is 12.8 Å². The van der Waals surface area contributed by atoms with E-state index in [4.69, 9.17) is 4.52 Å². The Bertz CT molecular complexity index is 503. The molecule has 3 heterocycles. The summed E-state index contributed by atoms with van der Waals surface area (Å²) in [5.74, 6) is 0.873. The minimum atomic E-state index is 0.633. The molecule has 1 saturated heterocycles. The van der Waals surface area contributed by atoms with E-state index in [0.29, 0.717) is 6.04 Å². The summed E-state index contributed by atoms with van der Waals surface area (Å²) in [6, 6.07) is 6.76. The van der Waals surface area contributed by atoms with Crippen LogP contribution in [0.1, 0.15) is 18.5 Å². The number of nitrogens with one attached hydrogen (secondary N) is 1. The Morgan fingerprint density at radius 2 is 2.53 bits per heavy atom. The highest BCUT2D eigenvalue weighted by atomic mass is 32.1. The quantitative estimate of drug-likeness (QED) is 0.912. The molecule has 3 rings (SSSR count). The molecule has 0 bridgehead atoms. The Hall–Kier alpha value is -1.17. The van der Waals surface area contributed by atoms with Crippen molar-refractivity contribution in [2.75, 3.05) is 20.1 Å². The van der Waals surface area contributed by atoms with Gasteiger partial charge in [0.25, 0.3) is 0 Å². The summed E-state index contributed by atoms with van der Waals surface area (Å²) in [5, 5.41) is 9.72. The molecule has 1 aliphatic heterocycles. The largest absolute Gasteiger partial charge is 0.355 e. The van der Waals surface area contributed by atoms with Crippen molar-refractivity contribution >= 4 is 11.3 Å². The molecule has 0 spiro atoms. The zero-order valence-electron chi connectivity index (χ0n) is 11.1. The molecule has 1 N–H and O–H groups in total. The van der Waals surface area contributed by atoms with Gasteiger partial charge in [-0.2, -0.15) is 0 Å². The van der Waals surface area contributed by atoms with E-state index in [9.17, 15) is 0 Å². The smallest absolute Gasteiger partial charge is 0.177 e. The maximum Gasteiger partial charge on any atom is 0.177 e. The highest BCUT2D eigenvalue weighted by molar-refractivity contribution is 7.13. The molecule has 19 heavy (non-hydrogen) atoms. The van der Waals surface area contributed by atoms with Crippen LogP contribution >= 0.6 is 11.3 Å². The second-order valence-corrected chi connectivity index (χ2v) is 6.10. The van der Waals surface area contributed by atoms with Gasteiger partial charge in [0.1, 0.15) is 0 Å². The predicted molar refractivity (Wildman–Crippen MR) is 77.2 cm³/mol. The van der Waals surface area contributed by atoms with Gasteiger partial charge in [-0.1, -0.05) is 11.2 Å². The van der Waals surface area contributed by atoms with Crippen LogP contribution in [0.15, 0.2) is 28.1 Å². The van der Waals surface area contributed by atoms with E-state index < -0.39 is 0 Å². The number of aromatic nitrogens is 1. The molecule has 5 heteroatoms. The maximum atomic E-state index is 5.40. The lowest BCUT2D eigenvalue weighted by Gasteiger charge is -2.19. The average Bonchev–Trinajstić information content (AvgIpc) is 3.09. The van der Waals surface area contributed by atoms with Crippen LogP contribution in [0, 0.1) is 0 Å². The van der Waals surface area contributed by atoms with Gasteiger partial charge in [0.15, 0.2) is 5.76 Å². The third-order valence-corrected chi connectivity index (χ3v) is 4.33. The fourth-order valence-corrected chi connectivity index (χ4v) is 3.22. The summed E-state index contributed by atoms with van der Waals surface area (Å²) in [4.78, 5) is 3.44. The molecule has 0 aliphatic carbocycles. The van der Waals surface area contributed by atoms with Gasteiger partial charge in [-0.15, -0.1) is 11.3 Å². The van der Waals surface area contributed by atoms with Crippen molar-refractivity contribution in [1.29, 1.82) is 0 Å². The maximum absolute atomic E-state index is 5.40. The number of thiophene rings is 1. The molecule has 102 valence electrons. The van der Waals surface area contributed by atoms with E-state index >= 15 is 0 Å². The first kappa shape index (κ1) is 12.8. The first-order chi connectivity index (χ1) is 9.31. The minimum Gasteiger partial charge on any atom is -0.355 e. The molecule has 0 amide bonds. The molecule has 2 aromatic heterocycles. The third-order valence-electron chi connectivity index (χ3n) is 3.45. The van der Waals surface area contributed by atoms with Gasteiger partial charge in [0.2, 0.25) is 0 Å². The van der Waals surface area contributed by atoms with E-state index in [2.05, 4.69) is 33.9 Å². The summed E-state index contributed by atoms with van der Waals surface area (Å²) in [5.41, 5.74) is 1.00. The number of hydrogen-bond donors (Lipinski definition) is 1. The zero-order valence-corrected chi connectivity index (χ0v) is 11.9. The zero-order chi connectivity index (χ0) is 13.1. The fraction of sp³-hybridized carbons (Fsp3) is 0.500. The lowest BCUT2D eigenvalue weighted by Crippen LogP contribution is -2.34. The molecule has 4 nitrogen and oxygen atoms in total. The van der Waals surface area contributed by atoms with Crippen LogP contribution in [0.4, 0.5) is 0 Å². The Kier molecular flexibility index (Phi) is 3.96. The topological polar surface area (TPSA) is 41.3 Å². The van der Waals surface area contributed by atoms with E-state index in [1.807, 2.05) is 12.1 Å². The van der Waals surface area contributed by atoms with E-state index in [0.717, 1.165) is 36.0 Å². The first-order valence-corrected chi connectivity index (χ1v) is 7.60. The molecule has 1 fully saturated rings. The van der Waals surface area contributed by atoms with Crippen molar-refractivity contribution in [3.05, 3.63) is 29.3 Å². The summed E-state index contributed by atoms with van der Waals surface area (Å²) >= 11 is 1.68. The molecule has 2 aromatic rings. The summed E-state index contributed by atoms with van der Waals surface area (Å²) in [7, 11) is 2.14. The van der Waals surface area contributed by atoms with Crippen LogP contribution in [-0.2, 0) is 6.54 Å². The van der Waals surface area contributed by atoms with Gasteiger partial charge < -0.3 is 9.84 Å². The number of rotatable bonds is 5. The highest BCUT2D eigenvalue weighted by Gasteiger charge is 2.17. The van der Waals surface area contributed by atoms with Crippen molar-refractivity contribution in [2.24, 2.45) is 0 Å². The number of likely N-dealkylation sites (N-methyl/N-ethyl adjacent to an activating group) is 1. The molecule has 1 atom stereocenters. The predicted octanol–water partition coefficient (Wildman–Crippen LogP) is 2.59. The average molecular weight is 277 g/mol. The van der Waals surface area contributed by atoms with Crippen molar-refractivity contribution in [2.45, 2.75) is 25.4 Å². The SMILES string of the molecule is CN(Cc1cc(-c2cccs2)on1)CC1CCCN1. The van der Waals surface area contributed by atoms with Crippen LogP contribution in [0.3, 0.4) is 0 Å². The van der Waals surface area contributed by atoms with Crippen LogP contribution in [-0.4, -0.2) is 36.2 Å². The van der Waals surface area contributed by atoms with Gasteiger partial charge in [-0.3, -0.25) is 4.90 Å². The van der Waals surface area contributed by atoms with Gasteiger partial charge in [0, 0.05) is 25.2 Å². The Morgan fingerprint density at radius 1 is 1.58 bits per heavy atom. The highest BCUT2D eigenvalue weighted by Crippen LogP contribution is 2.25. The Morgan fingerprint density at radius 3 is 3.26 bits per heavy atom. The van der Waals surface area contributed by atoms with Gasteiger partial charge >= 0.3 is 0 Å². The number of nitrogens with zero attached hydrogens (tertiary/aromatic N) is 2. The second-order valence-electron chi connectivity index (χ2n) is 5.15. The fourth-order valence-electron chi connectivity index (χ4n) is 2.55. The molecule has 0 aromatic carbocycles. The third kappa shape index (κ3) is 3.23. The molecular formula is C14H19N3OS. The minimum absolute atomic E-state index is 0.633. The van der Waals surface area contributed by atoms with Crippen LogP contribution in [0.2, 0.25) is 0 Å². The number of hydrogen-bond acceptors (Lipinski definition) is 5. The lowest BCUT2D eigenvalue weighted by molar-refractivity contribution is 0.283. The molecule has 1 unspecified atom stereocenters. The second kappa shape index (κ2) is 5.86. The molecule has 0 radical (unpaired) electrons. The molecule has 0 saturated carbocycles.